The van der Waals surface area contributed by atoms with Gasteiger partial charge in [0, 0.05) is 6.42 Å². The molecule has 1 atom stereocenters. The highest BCUT2D eigenvalue weighted by atomic mass is 32.2. The molecule has 0 radical (unpaired) electrons. The summed E-state index contributed by atoms with van der Waals surface area (Å²) in [4.78, 5) is 7.91. The summed E-state index contributed by atoms with van der Waals surface area (Å²) in [7, 11) is -2.03. The molecule has 0 aliphatic rings. The number of sulfonamides is 1. The molecular formula is C10H19N3O3S. The Morgan fingerprint density at radius 1 is 1.35 bits per heavy atom. The number of hydrogen-bond donors (Lipinski definition) is 1. The smallest absolute Gasteiger partial charge is 0.231 e. The number of ether oxygens (including phenoxy) is 1. The second-order valence-corrected chi connectivity index (χ2v) is 5.14. The number of primary sulfonamides is 1. The van der Waals surface area contributed by atoms with Crippen LogP contribution < -0.4 is 9.88 Å². The van der Waals surface area contributed by atoms with E-state index >= 15 is 0 Å². The van der Waals surface area contributed by atoms with Crippen LogP contribution in [-0.2, 0) is 16.4 Å². The molecule has 98 valence electrons. The molecule has 0 fully saturated rings. The van der Waals surface area contributed by atoms with Gasteiger partial charge in [-0.3, -0.25) is 4.98 Å². The first-order valence-corrected chi connectivity index (χ1v) is 6.91. The number of methoxy groups -OCH3 is 1. The van der Waals surface area contributed by atoms with Crippen LogP contribution in [0.2, 0.25) is 0 Å². The Labute approximate surface area is 102 Å². The first-order chi connectivity index (χ1) is 7.93. The van der Waals surface area contributed by atoms with E-state index < -0.39 is 15.3 Å². The van der Waals surface area contributed by atoms with Crippen LogP contribution in [0.1, 0.15) is 26.5 Å². The molecule has 0 amide bonds. The Kier molecular flexibility index (Phi) is 6.67. The third-order valence-corrected chi connectivity index (χ3v) is 3.24. The summed E-state index contributed by atoms with van der Waals surface area (Å²) in [6.45, 7) is 5.53. The lowest BCUT2D eigenvalue weighted by Gasteiger charge is -2.07. The molecule has 1 aromatic rings. The zero-order valence-corrected chi connectivity index (χ0v) is 11.4. The maximum Gasteiger partial charge on any atom is 0.231 e. The lowest BCUT2D eigenvalue weighted by Crippen LogP contribution is -2.27. The monoisotopic (exact) mass is 261 g/mol. The van der Waals surface area contributed by atoms with Gasteiger partial charge in [0.1, 0.15) is 0 Å². The molecule has 7 heteroatoms. The minimum atomic E-state index is -3.52. The van der Waals surface area contributed by atoms with Crippen LogP contribution in [0.3, 0.4) is 0 Å². The molecule has 1 unspecified atom stereocenters. The van der Waals surface area contributed by atoms with Crippen molar-refractivity contribution in [1.29, 1.82) is 0 Å². The topological polar surface area (TPSA) is 95.2 Å². The van der Waals surface area contributed by atoms with Gasteiger partial charge in [-0.1, -0.05) is 13.8 Å². The van der Waals surface area contributed by atoms with Gasteiger partial charge in [-0.05, 0) is 6.92 Å². The molecule has 0 saturated heterocycles. The van der Waals surface area contributed by atoms with Gasteiger partial charge in [0.05, 0.1) is 30.4 Å². The SMILES string of the molecule is CC.COc1cnc(CC(C)S(N)(=O)=O)cn1. The minimum absolute atomic E-state index is 0.246. The molecule has 0 aliphatic carbocycles. The third kappa shape index (κ3) is 5.60. The molecule has 2 N–H and O–H groups in total. The number of aromatic nitrogens is 2. The van der Waals surface area contributed by atoms with E-state index in [9.17, 15) is 8.42 Å². The van der Waals surface area contributed by atoms with Crippen molar-refractivity contribution >= 4 is 10.0 Å². The number of hydrogen-bond acceptors (Lipinski definition) is 5. The summed E-state index contributed by atoms with van der Waals surface area (Å²) in [5, 5.41) is 4.32. The molecule has 0 spiro atoms. The van der Waals surface area contributed by atoms with Crippen LogP contribution in [0.15, 0.2) is 12.4 Å². The van der Waals surface area contributed by atoms with Crippen molar-refractivity contribution in [3.8, 4) is 5.88 Å². The third-order valence-electron chi connectivity index (χ3n) is 1.95. The highest BCUT2D eigenvalue weighted by Crippen LogP contribution is 2.07. The lowest BCUT2D eigenvalue weighted by atomic mass is 10.2. The molecule has 6 nitrogen and oxygen atoms in total. The fraction of sp³-hybridized carbons (Fsp3) is 0.600. The molecule has 1 aromatic heterocycles. The first kappa shape index (κ1) is 15.8. The average molecular weight is 261 g/mol. The molecule has 0 bridgehead atoms. The maximum absolute atomic E-state index is 11.0. The van der Waals surface area contributed by atoms with Crippen molar-refractivity contribution in [3.63, 3.8) is 0 Å². The van der Waals surface area contributed by atoms with Gasteiger partial charge < -0.3 is 4.74 Å². The standard InChI is InChI=1S/C8H13N3O3S.C2H6/c1-6(15(9,12)13)3-7-4-11-8(14-2)5-10-7;1-2/h4-6H,3H2,1-2H3,(H2,9,12,13);1-2H3. The zero-order valence-electron chi connectivity index (χ0n) is 10.5. The predicted octanol–water partition coefficient (Wildman–Crippen LogP) is 0.731. The number of nitrogens with zero attached hydrogens (tertiary/aromatic N) is 2. The highest BCUT2D eigenvalue weighted by Gasteiger charge is 2.16. The Morgan fingerprint density at radius 2 is 1.94 bits per heavy atom. The summed E-state index contributed by atoms with van der Waals surface area (Å²) in [5.74, 6) is 0.391. The van der Waals surface area contributed by atoms with Crippen LogP contribution in [0.4, 0.5) is 0 Å². The first-order valence-electron chi connectivity index (χ1n) is 5.30. The minimum Gasteiger partial charge on any atom is -0.480 e. The Hall–Kier alpha value is -1.21. The molecule has 1 rings (SSSR count). The van der Waals surface area contributed by atoms with Crippen molar-refractivity contribution in [3.05, 3.63) is 18.1 Å². The van der Waals surface area contributed by atoms with E-state index in [4.69, 9.17) is 9.88 Å². The van der Waals surface area contributed by atoms with Gasteiger partial charge in [0.15, 0.2) is 0 Å². The fourth-order valence-electron chi connectivity index (χ4n) is 0.964. The number of rotatable bonds is 4. The Morgan fingerprint density at radius 3 is 2.29 bits per heavy atom. The van der Waals surface area contributed by atoms with E-state index in [2.05, 4.69) is 9.97 Å². The van der Waals surface area contributed by atoms with Gasteiger partial charge in [-0.2, -0.15) is 0 Å². The van der Waals surface area contributed by atoms with E-state index in [1.807, 2.05) is 13.8 Å². The van der Waals surface area contributed by atoms with E-state index in [1.54, 1.807) is 0 Å². The van der Waals surface area contributed by atoms with E-state index in [0.717, 1.165) is 0 Å². The van der Waals surface area contributed by atoms with E-state index in [-0.39, 0.29) is 6.42 Å². The highest BCUT2D eigenvalue weighted by molar-refractivity contribution is 7.89. The molecule has 17 heavy (non-hydrogen) atoms. The normalized spacial score (nSPS) is 12.3. The summed E-state index contributed by atoms with van der Waals surface area (Å²) >= 11 is 0. The quantitative estimate of drug-likeness (QED) is 0.862. The van der Waals surface area contributed by atoms with Gasteiger partial charge in [0.25, 0.3) is 0 Å². The Balaban J connectivity index is 0.00000121. The van der Waals surface area contributed by atoms with Crippen molar-refractivity contribution < 1.29 is 13.2 Å². The van der Waals surface area contributed by atoms with E-state index in [1.165, 1.54) is 26.4 Å². The fourth-order valence-corrected chi connectivity index (χ4v) is 1.37. The number of nitrogens with two attached hydrogens (primary N) is 1. The molecular weight excluding hydrogens is 242 g/mol. The summed E-state index contributed by atoms with van der Waals surface area (Å²) in [6, 6.07) is 0. The lowest BCUT2D eigenvalue weighted by molar-refractivity contribution is 0.395. The van der Waals surface area contributed by atoms with Crippen molar-refractivity contribution in [2.45, 2.75) is 32.4 Å². The van der Waals surface area contributed by atoms with Crippen molar-refractivity contribution in [1.82, 2.24) is 9.97 Å². The summed E-state index contributed by atoms with van der Waals surface area (Å²) in [6.07, 6.45) is 3.15. The second-order valence-electron chi connectivity index (χ2n) is 3.15. The molecule has 0 aliphatic heterocycles. The van der Waals surface area contributed by atoms with Crippen LogP contribution in [0.5, 0.6) is 5.88 Å². The molecule has 0 aromatic carbocycles. The van der Waals surface area contributed by atoms with E-state index in [0.29, 0.717) is 11.6 Å². The average Bonchev–Trinajstić information content (AvgIpc) is 2.31. The van der Waals surface area contributed by atoms with Crippen LogP contribution >= 0.6 is 0 Å². The van der Waals surface area contributed by atoms with Crippen LogP contribution in [0.25, 0.3) is 0 Å². The van der Waals surface area contributed by atoms with Gasteiger partial charge >= 0.3 is 0 Å². The summed E-state index contributed by atoms with van der Waals surface area (Å²) < 4.78 is 26.8. The van der Waals surface area contributed by atoms with Crippen molar-refractivity contribution in [2.24, 2.45) is 5.14 Å². The van der Waals surface area contributed by atoms with Crippen LogP contribution in [-0.4, -0.2) is 30.7 Å². The second kappa shape index (κ2) is 7.18. The zero-order chi connectivity index (χ0) is 13.5. The maximum atomic E-state index is 11.0. The molecule has 1 heterocycles. The van der Waals surface area contributed by atoms with Gasteiger partial charge in [-0.25, -0.2) is 18.5 Å². The summed E-state index contributed by atoms with van der Waals surface area (Å²) in [5.41, 5.74) is 0.567. The van der Waals surface area contributed by atoms with Crippen LogP contribution in [0, 0.1) is 0 Å². The van der Waals surface area contributed by atoms with Crippen molar-refractivity contribution in [2.75, 3.05) is 7.11 Å². The largest absolute Gasteiger partial charge is 0.480 e. The Bertz CT molecular complexity index is 417. The van der Waals surface area contributed by atoms with Gasteiger partial charge in [-0.15, -0.1) is 0 Å². The van der Waals surface area contributed by atoms with Gasteiger partial charge in [0.2, 0.25) is 15.9 Å². The molecule has 0 saturated carbocycles. The predicted molar refractivity (Wildman–Crippen MR) is 66.2 cm³/mol.